The average Bonchev–Trinajstić information content (AvgIpc) is 1.98. The van der Waals surface area contributed by atoms with Gasteiger partial charge in [0.25, 0.3) is 0 Å². The average molecular weight is 149 g/mol. The molecule has 10 heteroatoms. The van der Waals surface area contributed by atoms with E-state index in [0.29, 0.717) is 0 Å². The normalized spacial score (nSPS) is 3.30. The molecule has 0 atom stereocenters. The van der Waals surface area contributed by atoms with Crippen LogP contribution in [0.25, 0.3) is 0 Å². The Bertz CT molecular complexity index is 65.7. The van der Waals surface area contributed by atoms with Crippen LogP contribution in [0.15, 0.2) is 0 Å². The van der Waals surface area contributed by atoms with Gasteiger partial charge in [0.2, 0.25) is 0 Å². The summed E-state index contributed by atoms with van der Waals surface area (Å²) in [6.45, 7) is 0. The zero-order valence-electron chi connectivity index (χ0n) is 4.37. The molecule has 0 fully saturated rings. The summed E-state index contributed by atoms with van der Waals surface area (Å²) in [5.41, 5.74) is 17.2. The monoisotopic (exact) mass is 149 g/mol. The van der Waals surface area contributed by atoms with Gasteiger partial charge in [0, 0.05) is 0 Å². The molecule has 0 aliphatic carbocycles. The molecule has 0 aliphatic rings. The molecule has 0 aliphatic heterocycles. The molecule has 54 valence electrons. The van der Waals surface area contributed by atoms with Crippen LogP contribution in [0, 0.1) is 16.4 Å². The minimum Gasteiger partial charge on any atom is -0.907 e. The Morgan fingerprint density at radius 3 is 0.700 bits per heavy atom. The minimum atomic E-state index is -2.92. The van der Waals surface area contributed by atoms with Gasteiger partial charge in [0.05, 0.1) is 0 Å². The molecule has 0 spiro atoms. The molecule has 10 heavy (non-hydrogen) atoms. The minimum absolute atomic E-state index is 2.92. The third-order valence-electron chi connectivity index (χ3n) is 0. The quantitative estimate of drug-likeness (QED) is 0.246. The molecule has 0 aromatic rings. The van der Waals surface area contributed by atoms with Crippen LogP contribution in [0.3, 0.4) is 0 Å². The molecule has 0 heterocycles. The first-order valence-corrected chi connectivity index (χ1v) is 1.25. The van der Waals surface area contributed by atoms with Crippen molar-refractivity contribution in [1.29, 1.82) is 16.4 Å². The first-order chi connectivity index (χ1) is 4.73. The summed E-state index contributed by atoms with van der Waals surface area (Å²) >= 11 is 0. The molecule has 0 saturated carbocycles. The van der Waals surface area contributed by atoms with Crippen molar-refractivity contribution in [3.8, 4) is 0 Å². The predicted octanol–water partition coefficient (Wildman–Crippen LogP) is -4.26. The van der Waals surface area contributed by atoms with Gasteiger partial charge in [-0.15, -0.1) is 0 Å². The van der Waals surface area contributed by atoms with Gasteiger partial charge in [-0.1, -0.05) is 0 Å². The predicted molar refractivity (Wildman–Crippen MR) is 13.0 cm³/mol. The maximum atomic E-state index is 8.42. The van der Waals surface area contributed by atoms with E-state index in [0.717, 1.165) is 0 Å². The fraction of sp³-hybridized carbons (Fsp3) is 0. The van der Waals surface area contributed by atoms with Crippen molar-refractivity contribution in [2.75, 3.05) is 0 Å². The van der Waals surface area contributed by atoms with Gasteiger partial charge in [-0.3, -0.25) is 7.32 Å². The molecule has 0 saturated heterocycles. The van der Waals surface area contributed by atoms with Crippen molar-refractivity contribution in [2.45, 2.75) is 0 Å². The first kappa shape index (κ1) is 23.1. The summed E-state index contributed by atoms with van der Waals surface area (Å²) in [5.74, 6) is 0. The van der Waals surface area contributed by atoms with Gasteiger partial charge in [0.15, 0.2) is 0 Å². The van der Waals surface area contributed by atoms with E-state index in [1.807, 2.05) is 0 Å². The van der Waals surface area contributed by atoms with Gasteiger partial charge >= 0.3 is 30.7 Å². The summed E-state index contributed by atoms with van der Waals surface area (Å²) in [6, 6.07) is 0. The molecule has 0 aromatic heterocycles. The molecule has 0 radical (unpaired) electrons. The summed E-state index contributed by atoms with van der Waals surface area (Å²) in [5, 5.41) is 25.2. The van der Waals surface area contributed by atoms with Gasteiger partial charge in [-0.05, 0) is 0 Å². The van der Waals surface area contributed by atoms with Crippen LogP contribution in [-0.2, 0) is 14.3 Å². The van der Waals surface area contributed by atoms with Gasteiger partial charge < -0.3 is 15.1 Å². The van der Waals surface area contributed by atoms with Crippen LogP contribution in [0.2, 0.25) is 0 Å². The number of hydrogen-bond donors (Lipinski definition) is 0. The van der Waals surface area contributed by atoms with Gasteiger partial charge in [-0.25, -0.2) is 0 Å². The molecule has 9 nitrogen and oxygen atoms in total. The number of hydrogen-bond acceptors (Lipinski definition) is 6. The van der Waals surface area contributed by atoms with Crippen LogP contribution in [0.5, 0.6) is 0 Å². The van der Waals surface area contributed by atoms with E-state index in [4.69, 9.17) is 45.8 Å². The molecule has 0 amide bonds. The maximum absolute atomic E-state index is 8.42. The van der Waals surface area contributed by atoms with Crippen LogP contribution >= 0.6 is 0 Å². The molecule has 0 rings (SSSR count). The summed E-state index contributed by atoms with van der Waals surface area (Å²) in [7, 11) is -2.92. The van der Waals surface area contributed by atoms with Gasteiger partial charge in [0.1, 0.15) is 0 Å². The standard InChI is InChI=1S/BO3.3NO/c2-1(3)4;3*1-2/q-3;3*+1. The number of nitrogens with zero attached hydrogens (tertiary/aromatic N) is 3. The Balaban J connectivity index is -0.0000000262. The Morgan fingerprint density at radius 2 is 0.700 bits per heavy atom. The summed E-state index contributed by atoms with van der Waals surface area (Å²) < 4.78 is 21.8. The number of rotatable bonds is 0. The van der Waals surface area contributed by atoms with E-state index in [9.17, 15) is 0 Å². The third-order valence-corrected chi connectivity index (χ3v) is 0. The van der Waals surface area contributed by atoms with Crippen LogP contribution in [-0.4, -0.2) is 7.32 Å². The largest absolute Gasteiger partial charge is 0.907 e. The fourth-order valence-electron chi connectivity index (χ4n) is 0. The van der Waals surface area contributed by atoms with E-state index < -0.39 is 7.32 Å². The first-order valence-electron chi connectivity index (χ1n) is 1.25. The molecule has 0 aromatic carbocycles. The topological polar surface area (TPSA) is 200 Å². The smallest absolute Gasteiger partial charge is 0.278 e. The van der Waals surface area contributed by atoms with Crippen LogP contribution < -0.4 is 15.1 Å². The zero-order chi connectivity index (χ0) is 9.58. The Hall–Kier alpha value is -1.05. The van der Waals surface area contributed by atoms with Crippen molar-refractivity contribution < 1.29 is 29.4 Å². The van der Waals surface area contributed by atoms with Crippen molar-refractivity contribution in [2.24, 2.45) is 0 Å². The van der Waals surface area contributed by atoms with Crippen molar-refractivity contribution in [1.82, 2.24) is 0 Å². The third kappa shape index (κ3) is 226. The second-order valence-electron chi connectivity index (χ2n) is 0.289. The zero-order valence-corrected chi connectivity index (χ0v) is 4.37. The Morgan fingerprint density at radius 1 is 0.700 bits per heavy atom. The Kier molecular flexibility index (Phi) is 232. The van der Waals surface area contributed by atoms with Crippen molar-refractivity contribution in [3.63, 3.8) is 0 Å². The summed E-state index contributed by atoms with van der Waals surface area (Å²) in [4.78, 5) is 0. The SMILES string of the molecule is N#[O+].N#[O+].N#[O+].[O-]B([O-])[O-]. The second kappa shape index (κ2) is 101. The van der Waals surface area contributed by atoms with E-state index in [-0.39, 0.29) is 0 Å². The summed E-state index contributed by atoms with van der Waals surface area (Å²) in [6.07, 6.45) is 0. The van der Waals surface area contributed by atoms with E-state index in [2.05, 4.69) is 0 Å². The molecular weight excluding hydrogens is 149 g/mol. The molecule has 0 bridgehead atoms. The fourth-order valence-corrected chi connectivity index (χ4v) is 0. The van der Waals surface area contributed by atoms with E-state index in [1.54, 1.807) is 0 Å². The molecule has 0 N–H and O–H groups in total. The van der Waals surface area contributed by atoms with Crippen molar-refractivity contribution >= 4 is 7.32 Å². The van der Waals surface area contributed by atoms with E-state index in [1.165, 1.54) is 0 Å². The molecular formula is BN3O6. The maximum Gasteiger partial charge on any atom is -0.278 e. The van der Waals surface area contributed by atoms with Crippen LogP contribution in [0.4, 0.5) is 0 Å². The molecule has 0 unspecified atom stereocenters. The Labute approximate surface area is 54.4 Å². The van der Waals surface area contributed by atoms with Gasteiger partial charge in [-0.2, -0.15) is 0 Å². The van der Waals surface area contributed by atoms with Crippen molar-refractivity contribution in [3.05, 3.63) is 0 Å². The second-order valence-corrected chi connectivity index (χ2v) is 0.289. The van der Waals surface area contributed by atoms with Crippen LogP contribution in [0.1, 0.15) is 0 Å². The van der Waals surface area contributed by atoms with E-state index >= 15 is 0 Å².